The van der Waals surface area contributed by atoms with Crippen LogP contribution >= 0.6 is 0 Å². The lowest BCUT2D eigenvalue weighted by molar-refractivity contribution is 0.0697. The van der Waals surface area contributed by atoms with Crippen LogP contribution in [0.25, 0.3) is 5.69 Å². The van der Waals surface area contributed by atoms with Gasteiger partial charge in [0.2, 0.25) is 0 Å². The van der Waals surface area contributed by atoms with Crippen molar-refractivity contribution in [2.24, 2.45) is 0 Å². The van der Waals surface area contributed by atoms with E-state index in [1.54, 1.807) is 12.1 Å². The predicted octanol–water partition coefficient (Wildman–Crippen LogP) is 2.85. The van der Waals surface area contributed by atoms with Crippen molar-refractivity contribution in [1.82, 2.24) is 14.7 Å². The molecule has 1 aliphatic carbocycles. The average molecular weight is 377 g/mol. The van der Waals surface area contributed by atoms with E-state index in [2.05, 4.69) is 29.2 Å². The molecule has 0 radical (unpaired) electrons. The minimum Gasteiger partial charge on any atom is -0.478 e. The molecule has 1 aromatic heterocycles. The van der Waals surface area contributed by atoms with E-state index >= 15 is 0 Å². The van der Waals surface area contributed by atoms with Gasteiger partial charge in [-0.3, -0.25) is 14.8 Å². The number of aromatic amines is 1. The van der Waals surface area contributed by atoms with Gasteiger partial charge in [-0.25, -0.2) is 9.48 Å². The van der Waals surface area contributed by atoms with Crippen LogP contribution in [-0.4, -0.2) is 38.8 Å². The van der Waals surface area contributed by atoms with Gasteiger partial charge in [-0.15, -0.1) is 0 Å². The van der Waals surface area contributed by atoms with Gasteiger partial charge in [0.1, 0.15) is 0 Å². The number of nitrogens with one attached hydrogen (secondary N) is 1. The van der Waals surface area contributed by atoms with E-state index in [9.17, 15) is 9.59 Å². The molecule has 0 saturated heterocycles. The number of H-pyrrole nitrogens is 1. The Kier molecular flexibility index (Phi) is 4.88. The third kappa shape index (κ3) is 3.51. The van der Waals surface area contributed by atoms with E-state index in [0.29, 0.717) is 18.2 Å². The van der Waals surface area contributed by atoms with Crippen molar-refractivity contribution >= 4 is 5.97 Å². The van der Waals surface area contributed by atoms with Crippen molar-refractivity contribution < 1.29 is 9.90 Å². The van der Waals surface area contributed by atoms with Gasteiger partial charge < -0.3 is 5.11 Å². The van der Waals surface area contributed by atoms with Crippen LogP contribution in [0.2, 0.25) is 0 Å². The molecule has 4 rings (SSSR count). The molecule has 0 spiro atoms. The van der Waals surface area contributed by atoms with Crippen LogP contribution < -0.4 is 5.56 Å². The molecular weight excluding hydrogens is 354 g/mol. The zero-order valence-corrected chi connectivity index (χ0v) is 15.8. The van der Waals surface area contributed by atoms with Gasteiger partial charge in [0.25, 0.3) is 5.56 Å². The van der Waals surface area contributed by atoms with E-state index in [0.717, 1.165) is 30.6 Å². The van der Waals surface area contributed by atoms with E-state index in [1.807, 2.05) is 18.2 Å². The summed E-state index contributed by atoms with van der Waals surface area (Å²) in [6.45, 7) is 0.857. The maximum Gasteiger partial charge on any atom is 0.335 e. The van der Waals surface area contributed by atoms with E-state index < -0.39 is 5.97 Å². The average Bonchev–Trinajstić information content (AvgIpc) is 3.05. The third-order valence-electron chi connectivity index (χ3n) is 5.51. The number of aromatic carboxylic acids is 1. The van der Waals surface area contributed by atoms with Crippen molar-refractivity contribution in [3.8, 4) is 5.69 Å². The normalized spacial score (nSPS) is 16.1. The van der Waals surface area contributed by atoms with E-state index in [-0.39, 0.29) is 11.1 Å². The molecule has 3 aromatic rings. The fraction of sp³-hybridized carbons (Fsp3) is 0.273. The highest BCUT2D eigenvalue weighted by molar-refractivity contribution is 5.87. The number of hydrogen-bond donors (Lipinski definition) is 2. The Hall–Kier alpha value is -3.12. The van der Waals surface area contributed by atoms with Crippen molar-refractivity contribution in [3.63, 3.8) is 0 Å². The summed E-state index contributed by atoms with van der Waals surface area (Å²) in [5, 5.41) is 12.3. The van der Waals surface area contributed by atoms with E-state index in [4.69, 9.17) is 5.11 Å². The number of rotatable bonds is 5. The topological polar surface area (TPSA) is 78.3 Å². The molecular formula is C22H23N3O3. The molecule has 6 heteroatoms. The largest absolute Gasteiger partial charge is 0.478 e. The fourth-order valence-electron chi connectivity index (χ4n) is 3.89. The summed E-state index contributed by atoms with van der Waals surface area (Å²) in [7, 11) is 2.11. The van der Waals surface area contributed by atoms with Crippen molar-refractivity contribution in [1.29, 1.82) is 0 Å². The van der Waals surface area contributed by atoms with Crippen molar-refractivity contribution in [3.05, 3.63) is 87.3 Å². The van der Waals surface area contributed by atoms with Gasteiger partial charge in [-0.2, -0.15) is 0 Å². The van der Waals surface area contributed by atoms with Gasteiger partial charge in [0.05, 0.1) is 11.3 Å². The summed E-state index contributed by atoms with van der Waals surface area (Å²) in [6, 6.07) is 17.0. The van der Waals surface area contributed by atoms with E-state index in [1.165, 1.54) is 22.4 Å². The zero-order chi connectivity index (χ0) is 19.7. The molecule has 28 heavy (non-hydrogen) atoms. The smallest absolute Gasteiger partial charge is 0.335 e. The molecule has 6 nitrogen and oxygen atoms in total. The second kappa shape index (κ2) is 7.48. The lowest BCUT2D eigenvalue weighted by Crippen LogP contribution is -2.37. The Morgan fingerprint density at radius 2 is 1.89 bits per heavy atom. The summed E-state index contributed by atoms with van der Waals surface area (Å²) < 4.78 is 1.52. The summed E-state index contributed by atoms with van der Waals surface area (Å²) in [4.78, 5) is 26.3. The number of carbonyl (C=O) groups is 1. The Morgan fingerprint density at radius 3 is 2.57 bits per heavy atom. The first-order chi connectivity index (χ1) is 13.5. The molecule has 2 aromatic carbocycles. The molecule has 0 saturated carbocycles. The molecule has 0 aliphatic heterocycles. The van der Waals surface area contributed by atoms with Gasteiger partial charge in [-0.05, 0) is 56.1 Å². The monoisotopic (exact) mass is 377 g/mol. The molecule has 1 atom stereocenters. The second-order valence-corrected chi connectivity index (χ2v) is 7.36. The van der Waals surface area contributed by atoms with Gasteiger partial charge in [-0.1, -0.05) is 30.3 Å². The quantitative estimate of drug-likeness (QED) is 0.717. The maximum absolute atomic E-state index is 13.0. The Morgan fingerprint density at radius 1 is 1.18 bits per heavy atom. The Balaban J connectivity index is 1.54. The first kappa shape index (κ1) is 18.3. The molecule has 1 heterocycles. The van der Waals surface area contributed by atoms with Crippen LogP contribution in [0, 0.1) is 0 Å². The first-order valence-corrected chi connectivity index (χ1v) is 9.43. The third-order valence-corrected chi connectivity index (χ3v) is 5.51. The molecule has 0 amide bonds. The molecule has 2 N–H and O–H groups in total. The van der Waals surface area contributed by atoms with Crippen LogP contribution in [0.4, 0.5) is 0 Å². The number of aromatic nitrogens is 2. The zero-order valence-electron chi connectivity index (χ0n) is 15.8. The SMILES string of the molecule is CN(Cc1ccccc1)C1CCc2[nH]n(-c3ccc(C(=O)O)cc3)c(=O)c2C1. The number of carboxylic acids is 1. The van der Waals surface area contributed by atoms with Crippen LogP contribution in [-0.2, 0) is 19.4 Å². The fourth-order valence-corrected chi connectivity index (χ4v) is 3.89. The molecule has 1 unspecified atom stereocenters. The van der Waals surface area contributed by atoms with Crippen LogP contribution in [0.15, 0.2) is 59.4 Å². The number of aryl methyl sites for hydroxylation is 1. The molecule has 1 aliphatic rings. The summed E-state index contributed by atoms with van der Waals surface area (Å²) >= 11 is 0. The van der Waals surface area contributed by atoms with Crippen molar-refractivity contribution in [2.45, 2.75) is 31.8 Å². The summed E-state index contributed by atoms with van der Waals surface area (Å²) in [6.07, 6.45) is 2.54. The lowest BCUT2D eigenvalue weighted by Gasteiger charge is -2.30. The minimum absolute atomic E-state index is 0.0455. The molecule has 0 bridgehead atoms. The summed E-state index contributed by atoms with van der Waals surface area (Å²) in [5.74, 6) is -0.978. The lowest BCUT2D eigenvalue weighted by atomic mass is 9.92. The number of benzene rings is 2. The standard InChI is InChI=1S/C22H23N3O3/c1-24(14-15-5-3-2-4-6-15)18-11-12-20-19(13-18)21(26)25(23-20)17-9-7-16(8-10-17)22(27)28/h2-10,18,23H,11-14H2,1H3,(H,27,28). The molecule has 0 fully saturated rings. The van der Waals surface area contributed by atoms with Crippen LogP contribution in [0.1, 0.15) is 33.6 Å². The number of hydrogen-bond acceptors (Lipinski definition) is 3. The number of carboxylic acid groups (broad SMARTS) is 1. The van der Waals surface area contributed by atoms with Gasteiger partial charge >= 0.3 is 5.97 Å². The number of fused-ring (bicyclic) bond motifs is 1. The summed E-state index contributed by atoms with van der Waals surface area (Å²) in [5.41, 5.74) is 3.89. The highest BCUT2D eigenvalue weighted by Crippen LogP contribution is 2.23. The predicted molar refractivity (Wildman–Crippen MR) is 107 cm³/mol. The maximum atomic E-state index is 13.0. The number of nitrogens with zero attached hydrogens (tertiary/aromatic N) is 2. The van der Waals surface area contributed by atoms with Crippen LogP contribution in [0.5, 0.6) is 0 Å². The Bertz CT molecular complexity index is 1040. The minimum atomic E-state index is -0.978. The molecule has 144 valence electrons. The Labute approximate surface area is 163 Å². The number of likely N-dealkylation sites (N-methyl/N-ethyl adjacent to an activating group) is 1. The van der Waals surface area contributed by atoms with Crippen LogP contribution in [0.3, 0.4) is 0 Å². The second-order valence-electron chi connectivity index (χ2n) is 7.36. The highest BCUT2D eigenvalue weighted by Gasteiger charge is 2.27. The first-order valence-electron chi connectivity index (χ1n) is 9.43. The highest BCUT2D eigenvalue weighted by atomic mass is 16.4. The van der Waals surface area contributed by atoms with Crippen molar-refractivity contribution in [2.75, 3.05) is 7.05 Å². The van der Waals surface area contributed by atoms with Gasteiger partial charge in [0.15, 0.2) is 0 Å². The van der Waals surface area contributed by atoms with Gasteiger partial charge in [0, 0.05) is 23.8 Å².